The van der Waals surface area contributed by atoms with Crippen LogP contribution in [0.2, 0.25) is 5.02 Å². The lowest BCUT2D eigenvalue weighted by Crippen LogP contribution is -2.18. The Hall–Kier alpha value is -1.95. The molecule has 2 rings (SSSR count). The molecule has 0 saturated heterocycles. The van der Waals surface area contributed by atoms with Crippen molar-refractivity contribution in [1.29, 1.82) is 0 Å². The van der Waals surface area contributed by atoms with E-state index in [4.69, 9.17) is 16.7 Å². The average molecular weight is 281 g/mol. The topological polar surface area (TPSA) is 80.9 Å². The molecule has 7 heteroatoms. The van der Waals surface area contributed by atoms with E-state index in [9.17, 15) is 4.79 Å². The quantitative estimate of drug-likeness (QED) is 0.927. The molecule has 0 fully saturated rings. The van der Waals surface area contributed by atoms with Gasteiger partial charge in [0.1, 0.15) is 0 Å². The van der Waals surface area contributed by atoms with Crippen molar-refractivity contribution in [3.8, 4) is 11.4 Å². The van der Waals surface area contributed by atoms with E-state index in [-0.39, 0.29) is 6.54 Å². The molecule has 0 bridgehead atoms. The van der Waals surface area contributed by atoms with Crippen molar-refractivity contribution in [2.45, 2.75) is 20.4 Å². The molecule has 6 nitrogen and oxygen atoms in total. The number of aromatic nitrogens is 4. The van der Waals surface area contributed by atoms with E-state index in [1.54, 1.807) is 13.0 Å². The van der Waals surface area contributed by atoms with Crippen molar-refractivity contribution in [2.75, 3.05) is 0 Å². The van der Waals surface area contributed by atoms with Gasteiger partial charge in [-0.15, -0.1) is 5.10 Å². The van der Waals surface area contributed by atoms with E-state index in [1.807, 2.05) is 19.1 Å². The molecule has 0 aliphatic rings. The zero-order valence-electron chi connectivity index (χ0n) is 10.5. The summed E-state index contributed by atoms with van der Waals surface area (Å²) in [5.41, 5.74) is 1.73. The molecule has 1 aromatic carbocycles. The summed E-state index contributed by atoms with van der Waals surface area (Å²) in [6.45, 7) is 3.72. The van der Waals surface area contributed by atoms with E-state index in [1.165, 1.54) is 4.68 Å². The summed E-state index contributed by atoms with van der Waals surface area (Å²) in [4.78, 5) is 10.9. The Morgan fingerprint density at radius 3 is 2.89 bits per heavy atom. The predicted octanol–water partition coefficient (Wildman–Crippen LogP) is 2.02. The van der Waals surface area contributed by atoms with Crippen LogP contribution in [-0.2, 0) is 11.3 Å². The highest BCUT2D eigenvalue weighted by molar-refractivity contribution is 6.31. The van der Waals surface area contributed by atoms with Crippen molar-refractivity contribution in [3.05, 3.63) is 28.8 Å². The Labute approximate surface area is 115 Å². The Morgan fingerprint density at radius 1 is 1.53 bits per heavy atom. The molecule has 0 saturated carbocycles. The lowest BCUT2D eigenvalue weighted by Gasteiger charge is -2.08. The Bertz CT molecular complexity index is 612. The number of hydrogen-bond acceptors (Lipinski definition) is 4. The highest BCUT2D eigenvalue weighted by Gasteiger charge is 2.16. The zero-order valence-corrected chi connectivity index (χ0v) is 11.3. The SMILES string of the molecule is Cc1cc(-c2nnnn2CC(C)C(=O)O)ccc1Cl. The summed E-state index contributed by atoms with van der Waals surface area (Å²) in [6.07, 6.45) is 0. The third kappa shape index (κ3) is 2.90. The van der Waals surface area contributed by atoms with Crippen molar-refractivity contribution in [3.63, 3.8) is 0 Å². The van der Waals surface area contributed by atoms with Gasteiger partial charge >= 0.3 is 5.97 Å². The average Bonchev–Trinajstić information content (AvgIpc) is 2.80. The van der Waals surface area contributed by atoms with Gasteiger partial charge in [-0.25, -0.2) is 4.68 Å². The van der Waals surface area contributed by atoms with Crippen molar-refractivity contribution in [1.82, 2.24) is 20.2 Å². The number of tetrazole rings is 1. The number of nitrogens with zero attached hydrogens (tertiary/aromatic N) is 4. The minimum absolute atomic E-state index is 0.222. The fraction of sp³-hybridized carbons (Fsp3) is 0.333. The van der Waals surface area contributed by atoms with Gasteiger partial charge in [-0.1, -0.05) is 18.5 Å². The van der Waals surface area contributed by atoms with Gasteiger partial charge in [0.05, 0.1) is 12.5 Å². The number of hydrogen-bond donors (Lipinski definition) is 1. The van der Waals surface area contributed by atoms with Crippen molar-refractivity contribution in [2.24, 2.45) is 5.92 Å². The molecule has 19 heavy (non-hydrogen) atoms. The Morgan fingerprint density at radius 2 is 2.26 bits per heavy atom. The van der Waals surface area contributed by atoms with Crippen LogP contribution in [-0.4, -0.2) is 31.3 Å². The Balaban J connectivity index is 2.33. The molecule has 1 aromatic heterocycles. The van der Waals surface area contributed by atoms with E-state index < -0.39 is 11.9 Å². The maximum Gasteiger partial charge on any atom is 0.308 e. The summed E-state index contributed by atoms with van der Waals surface area (Å²) in [5.74, 6) is -0.905. The predicted molar refractivity (Wildman–Crippen MR) is 69.8 cm³/mol. The van der Waals surface area contributed by atoms with Crippen LogP contribution in [0.4, 0.5) is 0 Å². The number of benzene rings is 1. The first-order valence-electron chi connectivity index (χ1n) is 5.74. The van der Waals surface area contributed by atoms with Crippen LogP contribution < -0.4 is 0 Å². The van der Waals surface area contributed by atoms with Crippen LogP contribution in [0.1, 0.15) is 12.5 Å². The van der Waals surface area contributed by atoms with Crippen LogP contribution in [0.15, 0.2) is 18.2 Å². The molecule has 2 aromatic rings. The van der Waals surface area contributed by atoms with Crippen LogP contribution in [0.5, 0.6) is 0 Å². The molecule has 0 spiro atoms. The number of aryl methyl sites for hydroxylation is 1. The first kappa shape index (κ1) is 13.5. The first-order chi connectivity index (χ1) is 8.99. The van der Waals surface area contributed by atoms with E-state index in [0.29, 0.717) is 10.8 Å². The van der Waals surface area contributed by atoms with Gasteiger partial charge in [0.2, 0.25) is 0 Å². The maximum absolute atomic E-state index is 10.9. The number of aliphatic carboxylic acids is 1. The molecule has 0 aliphatic carbocycles. The molecule has 0 radical (unpaired) electrons. The normalized spacial score (nSPS) is 12.4. The zero-order chi connectivity index (χ0) is 14.0. The van der Waals surface area contributed by atoms with Gasteiger partial charge < -0.3 is 5.11 Å². The van der Waals surface area contributed by atoms with Gasteiger partial charge in [-0.05, 0) is 41.1 Å². The number of rotatable bonds is 4. The highest BCUT2D eigenvalue weighted by Crippen LogP contribution is 2.23. The minimum Gasteiger partial charge on any atom is -0.481 e. The maximum atomic E-state index is 10.9. The smallest absolute Gasteiger partial charge is 0.308 e. The van der Waals surface area contributed by atoms with Gasteiger partial charge in [-0.3, -0.25) is 4.79 Å². The molecule has 100 valence electrons. The highest BCUT2D eigenvalue weighted by atomic mass is 35.5. The standard InChI is InChI=1S/C12H13ClN4O2/c1-7-5-9(3-4-10(7)13)11-14-15-16-17(11)6-8(2)12(18)19/h3-5,8H,6H2,1-2H3,(H,18,19). The summed E-state index contributed by atoms with van der Waals surface area (Å²) < 4.78 is 1.49. The number of halogens is 1. The van der Waals surface area contributed by atoms with Crippen LogP contribution >= 0.6 is 11.6 Å². The van der Waals surface area contributed by atoms with Crippen molar-refractivity contribution >= 4 is 17.6 Å². The molecule has 1 N–H and O–H groups in total. The van der Waals surface area contributed by atoms with E-state index in [0.717, 1.165) is 11.1 Å². The van der Waals surface area contributed by atoms with Crippen molar-refractivity contribution < 1.29 is 9.90 Å². The number of carbonyl (C=O) groups is 1. The van der Waals surface area contributed by atoms with Gasteiger partial charge in [0.15, 0.2) is 5.82 Å². The third-order valence-corrected chi connectivity index (χ3v) is 3.24. The monoisotopic (exact) mass is 280 g/mol. The fourth-order valence-corrected chi connectivity index (χ4v) is 1.77. The van der Waals surface area contributed by atoms with Crippen LogP contribution in [0.25, 0.3) is 11.4 Å². The van der Waals surface area contributed by atoms with E-state index in [2.05, 4.69) is 15.5 Å². The van der Waals surface area contributed by atoms with Gasteiger partial charge in [0.25, 0.3) is 0 Å². The second-order valence-corrected chi connectivity index (χ2v) is 4.80. The molecule has 1 heterocycles. The summed E-state index contributed by atoms with van der Waals surface area (Å²) in [5, 5.41) is 21.0. The molecule has 0 aliphatic heterocycles. The molecule has 1 unspecified atom stereocenters. The fourth-order valence-electron chi connectivity index (χ4n) is 1.66. The lowest BCUT2D eigenvalue weighted by molar-refractivity contribution is -0.141. The van der Waals surface area contributed by atoms with Crippen LogP contribution in [0, 0.1) is 12.8 Å². The summed E-state index contributed by atoms with van der Waals surface area (Å²) in [7, 11) is 0. The molecular weight excluding hydrogens is 268 g/mol. The third-order valence-electron chi connectivity index (χ3n) is 2.82. The largest absolute Gasteiger partial charge is 0.481 e. The molecule has 0 amide bonds. The minimum atomic E-state index is -0.881. The second-order valence-electron chi connectivity index (χ2n) is 4.39. The summed E-state index contributed by atoms with van der Waals surface area (Å²) in [6, 6.07) is 5.45. The van der Waals surface area contributed by atoms with Crippen LogP contribution in [0.3, 0.4) is 0 Å². The number of carboxylic acids is 1. The van der Waals surface area contributed by atoms with Gasteiger partial charge in [-0.2, -0.15) is 0 Å². The van der Waals surface area contributed by atoms with E-state index >= 15 is 0 Å². The summed E-state index contributed by atoms with van der Waals surface area (Å²) >= 11 is 5.97. The lowest BCUT2D eigenvalue weighted by atomic mass is 10.1. The Kier molecular flexibility index (Phi) is 3.80. The number of carboxylic acid groups (broad SMARTS) is 1. The molecule has 1 atom stereocenters. The molecular formula is C12H13ClN4O2. The second kappa shape index (κ2) is 5.36. The van der Waals surface area contributed by atoms with Gasteiger partial charge in [0, 0.05) is 10.6 Å². The first-order valence-corrected chi connectivity index (χ1v) is 6.12.